The Balaban J connectivity index is 2.30. The summed E-state index contributed by atoms with van der Waals surface area (Å²) in [6.45, 7) is 3.23. The topological polar surface area (TPSA) is 74.1 Å². The molecule has 27 heavy (non-hydrogen) atoms. The molecule has 0 aliphatic heterocycles. The van der Waals surface area contributed by atoms with Crippen molar-refractivity contribution in [1.82, 2.24) is 14.5 Å². The summed E-state index contributed by atoms with van der Waals surface area (Å²) in [5, 5.41) is 0.747. The average molecular weight is 397 g/mol. The van der Waals surface area contributed by atoms with Crippen molar-refractivity contribution < 1.29 is 18.3 Å². The molecule has 1 fully saturated rings. The van der Waals surface area contributed by atoms with Crippen molar-refractivity contribution in [2.24, 2.45) is 5.92 Å². The highest BCUT2D eigenvalue weighted by molar-refractivity contribution is 7.98. The first-order valence-corrected chi connectivity index (χ1v) is 10.1. The molecule has 1 unspecified atom stereocenters. The van der Waals surface area contributed by atoms with E-state index in [2.05, 4.69) is 14.7 Å². The molecule has 0 bridgehead atoms. The number of ether oxygens (including phenoxy) is 1. The second-order valence-electron chi connectivity index (χ2n) is 6.64. The fourth-order valence-electron chi connectivity index (χ4n) is 3.58. The van der Waals surface area contributed by atoms with Gasteiger partial charge in [-0.1, -0.05) is 25.1 Å². The first-order chi connectivity index (χ1) is 12.8. The van der Waals surface area contributed by atoms with E-state index in [9.17, 15) is 18.4 Å². The van der Waals surface area contributed by atoms with Gasteiger partial charge >= 0.3 is 11.9 Å². The van der Waals surface area contributed by atoms with Crippen molar-refractivity contribution in [2.45, 2.75) is 50.2 Å². The van der Waals surface area contributed by atoms with Gasteiger partial charge in [-0.05, 0) is 38.0 Å². The predicted octanol–water partition coefficient (Wildman–Crippen LogP) is 3.53. The molecule has 1 saturated carbocycles. The zero-order chi connectivity index (χ0) is 19.8. The van der Waals surface area contributed by atoms with Gasteiger partial charge in [0.25, 0.3) is 5.56 Å². The molecule has 9 heteroatoms. The number of fused-ring (bicyclic) bond motifs is 1. The third kappa shape index (κ3) is 3.44. The Morgan fingerprint density at radius 3 is 2.78 bits per heavy atom. The van der Waals surface area contributed by atoms with Crippen LogP contribution < -0.4 is 5.56 Å². The molecule has 0 N–H and O–H groups in total. The third-order valence-electron chi connectivity index (χ3n) is 4.95. The van der Waals surface area contributed by atoms with E-state index in [0.717, 1.165) is 18.9 Å². The maximum Gasteiger partial charge on any atom is 0.382 e. The summed E-state index contributed by atoms with van der Waals surface area (Å²) >= 11 is 1.30. The van der Waals surface area contributed by atoms with E-state index in [1.54, 1.807) is 6.26 Å². The molecular weight excluding hydrogens is 376 g/mol. The van der Waals surface area contributed by atoms with Gasteiger partial charge in [-0.2, -0.15) is 8.78 Å². The lowest BCUT2D eigenvalue weighted by Gasteiger charge is -2.23. The normalized spacial score (nSPS) is 20.2. The van der Waals surface area contributed by atoms with E-state index in [-0.39, 0.29) is 18.6 Å². The molecule has 1 aliphatic carbocycles. The van der Waals surface area contributed by atoms with Gasteiger partial charge < -0.3 is 4.74 Å². The van der Waals surface area contributed by atoms with Crippen molar-refractivity contribution in [3.63, 3.8) is 0 Å². The molecule has 0 amide bonds. The number of halogens is 2. The van der Waals surface area contributed by atoms with E-state index in [0.29, 0.717) is 22.6 Å². The van der Waals surface area contributed by atoms with Crippen LogP contribution in [0.2, 0.25) is 0 Å². The number of pyridine rings is 1. The molecule has 3 rings (SSSR count). The number of rotatable bonds is 5. The average Bonchev–Trinajstić information content (AvgIpc) is 3.06. The van der Waals surface area contributed by atoms with Crippen LogP contribution in [0.15, 0.2) is 22.2 Å². The van der Waals surface area contributed by atoms with Gasteiger partial charge in [-0.15, -0.1) is 0 Å². The quantitative estimate of drug-likeness (QED) is 0.437. The Hall–Kier alpha value is -2.03. The molecule has 6 nitrogen and oxygen atoms in total. The minimum absolute atomic E-state index is 0.144. The van der Waals surface area contributed by atoms with Crippen molar-refractivity contribution >= 4 is 28.8 Å². The zero-order valence-corrected chi connectivity index (χ0v) is 16.2. The lowest BCUT2D eigenvalue weighted by molar-refractivity contribution is -0.173. The number of aromatic nitrogens is 3. The minimum Gasteiger partial charge on any atom is -0.461 e. The summed E-state index contributed by atoms with van der Waals surface area (Å²) in [5.74, 6) is -5.62. The molecule has 146 valence electrons. The highest BCUT2D eigenvalue weighted by atomic mass is 32.2. The lowest BCUT2D eigenvalue weighted by atomic mass is 10.0. The highest BCUT2D eigenvalue weighted by Crippen LogP contribution is 2.37. The van der Waals surface area contributed by atoms with E-state index >= 15 is 0 Å². The van der Waals surface area contributed by atoms with Gasteiger partial charge in [0.2, 0.25) is 0 Å². The number of esters is 1. The SMILES string of the molecule is CCOC(=O)C(F)(F)c1cc2cnc(SC)nc2n([C@@H]2CCCC2C)c1=O. The summed E-state index contributed by atoms with van der Waals surface area (Å²) in [6, 6.07) is 0.761. The Kier molecular flexibility index (Phi) is 5.50. The molecule has 2 heterocycles. The van der Waals surface area contributed by atoms with Crippen LogP contribution >= 0.6 is 11.8 Å². The monoisotopic (exact) mass is 397 g/mol. The van der Waals surface area contributed by atoms with Crippen LogP contribution in [0.25, 0.3) is 11.0 Å². The molecule has 0 saturated heterocycles. The standard InChI is InChI=1S/C18H21F2N3O3S/c1-4-26-16(25)18(19,20)12-8-11-9-21-17(27-3)22-14(11)23(15(12)24)13-7-5-6-10(13)2/h8-10,13H,4-7H2,1-3H3/t10?,13-/m1/s1. The lowest BCUT2D eigenvalue weighted by Crippen LogP contribution is -2.38. The number of alkyl halides is 2. The molecule has 0 spiro atoms. The van der Waals surface area contributed by atoms with Gasteiger partial charge in [0.1, 0.15) is 5.65 Å². The maximum atomic E-state index is 14.7. The number of nitrogens with zero attached hydrogens (tertiary/aromatic N) is 3. The fourth-order valence-corrected chi connectivity index (χ4v) is 3.91. The molecular formula is C18H21F2N3O3S. The maximum absolute atomic E-state index is 14.7. The second-order valence-corrected chi connectivity index (χ2v) is 7.41. The van der Waals surface area contributed by atoms with Crippen molar-refractivity contribution in [2.75, 3.05) is 12.9 Å². The zero-order valence-electron chi connectivity index (χ0n) is 15.4. The van der Waals surface area contributed by atoms with Crippen LogP contribution in [0.1, 0.15) is 44.7 Å². The predicted molar refractivity (Wildman–Crippen MR) is 98.2 cm³/mol. The molecule has 2 aromatic rings. The number of carbonyl (C=O) groups excluding carboxylic acids is 1. The number of thioether (sulfide) groups is 1. The van der Waals surface area contributed by atoms with Crippen LogP contribution in [-0.2, 0) is 15.5 Å². The number of hydrogen-bond acceptors (Lipinski definition) is 6. The van der Waals surface area contributed by atoms with E-state index < -0.39 is 23.0 Å². The van der Waals surface area contributed by atoms with Crippen molar-refractivity contribution in [3.05, 3.63) is 28.2 Å². The first kappa shape index (κ1) is 19.7. The number of carbonyl (C=O) groups is 1. The second kappa shape index (κ2) is 7.53. The van der Waals surface area contributed by atoms with Crippen molar-refractivity contribution in [3.8, 4) is 0 Å². The molecule has 2 atom stereocenters. The largest absolute Gasteiger partial charge is 0.461 e. The Morgan fingerprint density at radius 2 is 2.19 bits per heavy atom. The van der Waals surface area contributed by atoms with E-state index in [1.807, 2.05) is 6.92 Å². The smallest absolute Gasteiger partial charge is 0.382 e. The fraction of sp³-hybridized carbons (Fsp3) is 0.556. The highest BCUT2D eigenvalue weighted by Gasteiger charge is 2.46. The van der Waals surface area contributed by atoms with Crippen LogP contribution in [0.3, 0.4) is 0 Å². The van der Waals surface area contributed by atoms with Crippen molar-refractivity contribution in [1.29, 1.82) is 0 Å². The Morgan fingerprint density at radius 1 is 1.44 bits per heavy atom. The molecule has 2 aromatic heterocycles. The number of hydrogen-bond donors (Lipinski definition) is 0. The molecule has 1 aliphatic rings. The van der Waals surface area contributed by atoms with E-state index in [1.165, 1.54) is 29.4 Å². The molecule has 0 radical (unpaired) electrons. The van der Waals surface area contributed by atoms with Gasteiger partial charge in [0, 0.05) is 17.6 Å². The third-order valence-corrected chi connectivity index (χ3v) is 5.51. The summed E-state index contributed by atoms with van der Waals surface area (Å²) in [4.78, 5) is 33.4. The van der Waals surface area contributed by atoms with E-state index in [4.69, 9.17) is 0 Å². The molecule has 0 aromatic carbocycles. The Bertz CT molecular complexity index is 932. The van der Waals surface area contributed by atoms with Crippen LogP contribution in [0.5, 0.6) is 0 Å². The van der Waals surface area contributed by atoms with Crippen LogP contribution in [0.4, 0.5) is 8.78 Å². The van der Waals surface area contributed by atoms with Crippen LogP contribution in [0, 0.1) is 5.92 Å². The summed E-state index contributed by atoms with van der Waals surface area (Å²) in [7, 11) is 0. The van der Waals surface area contributed by atoms with Gasteiger partial charge in [0.15, 0.2) is 5.16 Å². The minimum atomic E-state index is -4.04. The van der Waals surface area contributed by atoms with Gasteiger partial charge in [0.05, 0.1) is 12.2 Å². The summed E-state index contributed by atoms with van der Waals surface area (Å²) in [5.41, 5.74) is -1.47. The summed E-state index contributed by atoms with van der Waals surface area (Å²) in [6.07, 6.45) is 5.71. The Labute approximate surface area is 159 Å². The van der Waals surface area contributed by atoms with Gasteiger partial charge in [-0.3, -0.25) is 9.36 Å². The van der Waals surface area contributed by atoms with Crippen LogP contribution in [-0.4, -0.2) is 33.4 Å². The summed E-state index contributed by atoms with van der Waals surface area (Å²) < 4.78 is 35.2. The first-order valence-electron chi connectivity index (χ1n) is 8.83. The van der Waals surface area contributed by atoms with Gasteiger partial charge in [-0.25, -0.2) is 14.8 Å².